The molecule has 194 valence electrons. The molecular formula is C27H30N4O4S2. The molecule has 8 nitrogen and oxygen atoms in total. The van der Waals surface area contributed by atoms with Crippen LogP contribution in [0.3, 0.4) is 0 Å². The van der Waals surface area contributed by atoms with Crippen molar-refractivity contribution >= 4 is 46.1 Å². The summed E-state index contributed by atoms with van der Waals surface area (Å²) >= 11 is 6.81. The van der Waals surface area contributed by atoms with Gasteiger partial charge >= 0.3 is 0 Å². The predicted octanol–water partition coefficient (Wildman–Crippen LogP) is 4.02. The standard InChI is InChI=1S/C27H30N4O4S2/c1-17-19(24(30-11-6-5-7-12-30)29(2)25(32)20(17)16-28)15-23-26(33)31(27(36)37-23)13-10-18-8-9-21(34-3)22(14-18)35-4/h8-9,14-15H,5-7,10-13H2,1-4H3/b23-15-. The van der Waals surface area contributed by atoms with Crippen molar-refractivity contribution in [3.63, 3.8) is 0 Å². The number of ether oxygens (including phenoxy) is 2. The van der Waals surface area contributed by atoms with Gasteiger partial charge in [-0.25, -0.2) is 0 Å². The Morgan fingerprint density at radius 2 is 1.84 bits per heavy atom. The molecule has 2 aliphatic rings. The first-order chi connectivity index (χ1) is 17.8. The Morgan fingerprint density at radius 3 is 2.49 bits per heavy atom. The van der Waals surface area contributed by atoms with Gasteiger partial charge < -0.3 is 14.4 Å². The molecule has 37 heavy (non-hydrogen) atoms. The maximum atomic E-state index is 13.4. The number of nitrogens with zero attached hydrogens (tertiary/aromatic N) is 4. The summed E-state index contributed by atoms with van der Waals surface area (Å²) in [5.41, 5.74) is 2.08. The van der Waals surface area contributed by atoms with Gasteiger partial charge in [0.15, 0.2) is 11.5 Å². The second-order valence-electron chi connectivity index (χ2n) is 9.03. The summed E-state index contributed by atoms with van der Waals surface area (Å²) in [4.78, 5) is 30.6. The van der Waals surface area contributed by atoms with Gasteiger partial charge in [-0.2, -0.15) is 5.26 Å². The van der Waals surface area contributed by atoms with E-state index in [0.717, 1.165) is 49.3 Å². The summed E-state index contributed by atoms with van der Waals surface area (Å²) in [5, 5.41) is 9.68. The Kier molecular flexibility index (Phi) is 8.25. The van der Waals surface area contributed by atoms with E-state index in [1.165, 1.54) is 11.8 Å². The fraction of sp³-hybridized carbons (Fsp3) is 0.407. The molecule has 0 N–H and O–H groups in total. The number of benzene rings is 1. The van der Waals surface area contributed by atoms with Gasteiger partial charge in [0.1, 0.15) is 21.8 Å². The summed E-state index contributed by atoms with van der Waals surface area (Å²) in [7, 11) is 4.87. The number of thioether (sulfide) groups is 1. The zero-order chi connectivity index (χ0) is 26.7. The highest BCUT2D eigenvalue weighted by Gasteiger charge is 2.33. The Morgan fingerprint density at radius 1 is 1.14 bits per heavy atom. The molecule has 0 spiro atoms. The molecule has 2 saturated heterocycles. The second-order valence-corrected chi connectivity index (χ2v) is 10.7. The van der Waals surface area contributed by atoms with Gasteiger partial charge in [-0.1, -0.05) is 30.0 Å². The first-order valence-electron chi connectivity index (χ1n) is 12.2. The number of carbonyl (C=O) groups is 1. The normalized spacial score (nSPS) is 16.9. The third kappa shape index (κ3) is 5.24. The SMILES string of the molecule is COc1ccc(CCN2C(=O)/C(=C/c3c(C)c(C#N)c(=O)n(C)c3N3CCCCC3)SC2=S)cc1OC. The van der Waals surface area contributed by atoms with E-state index in [1.807, 2.05) is 18.2 Å². The average molecular weight is 539 g/mol. The predicted molar refractivity (Wildman–Crippen MR) is 150 cm³/mol. The van der Waals surface area contributed by atoms with Gasteiger partial charge in [-0.3, -0.25) is 19.1 Å². The number of methoxy groups -OCH3 is 2. The minimum atomic E-state index is -0.319. The fourth-order valence-electron chi connectivity index (χ4n) is 4.80. The van der Waals surface area contributed by atoms with Crippen LogP contribution in [0.1, 0.15) is 41.5 Å². The largest absolute Gasteiger partial charge is 0.493 e. The summed E-state index contributed by atoms with van der Waals surface area (Å²) in [6.45, 7) is 3.85. The molecule has 4 rings (SSSR count). The number of piperidine rings is 1. The van der Waals surface area contributed by atoms with Gasteiger partial charge in [0, 0.05) is 32.2 Å². The molecule has 0 bridgehead atoms. The number of thiocarbonyl (C=S) groups is 1. The smallest absolute Gasteiger partial charge is 0.270 e. The highest BCUT2D eigenvalue weighted by molar-refractivity contribution is 8.26. The van der Waals surface area contributed by atoms with Crippen LogP contribution in [0.15, 0.2) is 27.9 Å². The molecule has 10 heteroatoms. The van der Waals surface area contributed by atoms with E-state index in [1.54, 1.807) is 43.7 Å². The average Bonchev–Trinajstić information content (AvgIpc) is 3.18. The van der Waals surface area contributed by atoms with Gasteiger partial charge in [-0.05, 0) is 61.9 Å². The summed E-state index contributed by atoms with van der Waals surface area (Å²) in [6.07, 6.45) is 5.61. The van der Waals surface area contributed by atoms with Crippen molar-refractivity contribution in [2.24, 2.45) is 7.05 Å². The van der Waals surface area contributed by atoms with Crippen LogP contribution in [-0.4, -0.2) is 53.5 Å². The third-order valence-corrected chi connectivity index (χ3v) is 8.22. The maximum absolute atomic E-state index is 13.4. The molecule has 2 aromatic rings. The van der Waals surface area contributed by atoms with Crippen LogP contribution in [0.2, 0.25) is 0 Å². The van der Waals surface area contributed by atoms with Crippen LogP contribution in [-0.2, 0) is 18.3 Å². The topological polar surface area (TPSA) is 87.8 Å². The lowest BCUT2D eigenvalue weighted by molar-refractivity contribution is -0.122. The van der Waals surface area contributed by atoms with Crippen molar-refractivity contribution in [3.05, 3.63) is 55.7 Å². The molecule has 0 atom stereocenters. The number of hydrogen-bond acceptors (Lipinski definition) is 8. The zero-order valence-electron chi connectivity index (χ0n) is 21.5. The monoisotopic (exact) mass is 538 g/mol. The molecule has 0 radical (unpaired) electrons. The summed E-state index contributed by atoms with van der Waals surface area (Å²) in [5.74, 6) is 1.85. The fourth-order valence-corrected chi connectivity index (χ4v) is 6.09. The molecule has 0 aliphatic carbocycles. The molecule has 1 aromatic carbocycles. The lowest BCUT2D eigenvalue weighted by Gasteiger charge is -2.32. The van der Waals surface area contributed by atoms with Crippen LogP contribution in [0.4, 0.5) is 5.82 Å². The molecule has 2 fully saturated rings. The number of amides is 1. The number of pyridine rings is 1. The van der Waals surface area contributed by atoms with Crippen molar-refractivity contribution in [2.75, 3.05) is 38.8 Å². The van der Waals surface area contributed by atoms with Crippen LogP contribution < -0.4 is 19.9 Å². The summed E-state index contributed by atoms with van der Waals surface area (Å²) < 4.78 is 12.7. The lowest BCUT2D eigenvalue weighted by Crippen LogP contribution is -2.36. The van der Waals surface area contributed by atoms with E-state index in [4.69, 9.17) is 21.7 Å². The molecule has 0 unspecified atom stereocenters. The van der Waals surface area contributed by atoms with Crippen LogP contribution in [0.25, 0.3) is 6.08 Å². The van der Waals surface area contributed by atoms with E-state index in [0.29, 0.717) is 39.3 Å². The molecule has 1 aromatic heterocycles. The van der Waals surface area contributed by atoms with Crippen molar-refractivity contribution in [1.82, 2.24) is 9.47 Å². The quantitative estimate of drug-likeness (QED) is 0.386. The highest BCUT2D eigenvalue weighted by Crippen LogP contribution is 2.36. The van der Waals surface area contributed by atoms with E-state index in [9.17, 15) is 14.9 Å². The van der Waals surface area contributed by atoms with E-state index in [-0.39, 0.29) is 17.0 Å². The number of aromatic nitrogens is 1. The second kappa shape index (κ2) is 11.4. The Hall–Kier alpha value is -3.29. The number of carbonyl (C=O) groups excluding carboxylic acids is 1. The van der Waals surface area contributed by atoms with Crippen molar-refractivity contribution in [1.29, 1.82) is 5.26 Å². The minimum Gasteiger partial charge on any atom is -0.493 e. The number of hydrogen-bond donors (Lipinski definition) is 0. The van der Waals surface area contributed by atoms with Crippen molar-refractivity contribution in [3.8, 4) is 17.6 Å². The Labute approximate surface area is 226 Å². The van der Waals surface area contributed by atoms with E-state index < -0.39 is 0 Å². The molecular weight excluding hydrogens is 508 g/mol. The number of anilines is 1. The molecule has 2 aliphatic heterocycles. The summed E-state index contributed by atoms with van der Waals surface area (Å²) in [6, 6.07) is 7.74. The van der Waals surface area contributed by atoms with Gasteiger partial charge in [0.05, 0.1) is 19.1 Å². The minimum absolute atomic E-state index is 0.0958. The molecule has 1 amide bonds. The van der Waals surface area contributed by atoms with Gasteiger partial charge in [0.25, 0.3) is 11.5 Å². The van der Waals surface area contributed by atoms with Crippen molar-refractivity contribution < 1.29 is 14.3 Å². The maximum Gasteiger partial charge on any atom is 0.270 e. The van der Waals surface area contributed by atoms with Crippen LogP contribution in [0.5, 0.6) is 11.5 Å². The molecule has 0 saturated carbocycles. The highest BCUT2D eigenvalue weighted by atomic mass is 32.2. The first kappa shape index (κ1) is 26.8. The van der Waals surface area contributed by atoms with Crippen LogP contribution in [0, 0.1) is 18.3 Å². The first-order valence-corrected chi connectivity index (χ1v) is 13.4. The Balaban J connectivity index is 1.65. The number of nitriles is 1. The number of rotatable bonds is 7. The van der Waals surface area contributed by atoms with E-state index >= 15 is 0 Å². The van der Waals surface area contributed by atoms with Gasteiger partial charge in [0.2, 0.25) is 0 Å². The lowest BCUT2D eigenvalue weighted by atomic mass is 10.0. The van der Waals surface area contributed by atoms with Gasteiger partial charge in [-0.15, -0.1) is 0 Å². The van der Waals surface area contributed by atoms with E-state index in [2.05, 4.69) is 11.0 Å². The Bertz CT molecular complexity index is 1370. The van der Waals surface area contributed by atoms with Crippen molar-refractivity contribution in [2.45, 2.75) is 32.6 Å². The third-order valence-electron chi connectivity index (χ3n) is 6.84. The molecule has 3 heterocycles. The zero-order valence-corrected chi connectivity index (χ0v) is 23.1. The van der Waals surface area contributed by atoms with Crippen LogP contribution >= 0.6 is 24.0 Å².